The molecule has 5 heteroatoms. The molecule has 0 unspecified atom stereocenters. The average Bonchev–Trinajstić information content (AvgIpc) is 2.93. The summed E-state index contributed by atoms with van der Waals surface area (Å²) in [7, 11) is 0. The van der Waals surface area contributed by atoms with E-state index < -0.39 is 0 Å². The maximum atomic E-state index is 13.4. The van der Waals surface area contributed by atoms with Crippen LogP contribution in [0.1, 0.15) is 31.8 Å². The molecule has 0 amide bonds. The Hall–Kier alpha value is -3.05. The van der Waals surface area contributed by atoms with E-state index in [1.165, 1.54) is 12.1 Å². The van der Waals surface area contributed by atoms with Gasteiger partial charge in [-0.1, -0.05) is 52.3 Å². The minimum Gasteiger partial charge on any atom is -0.488 e. The summed E-state index contributed by atoms with van der Waals surface area (Å²) in [5, 5.41) is 0. The highest BCUT2D eigenvalue weighted by atomic mass is 79.9. The molecule has 0 atom stereocenters. The quantitative estimate of drug-likeness (QED) is 0.393. The SMILES string of the molecule is O=C1C(=Cc2cc(Br)ccc2OCc2cccc(F)c2)C(=O)c2ccccc21. The lowest BCUT2D eigenvalue weighted by molar-refractivity contribution is 0.0990. The van der Waals surface area contributed by atoms with Crippen LogP contribution in [-0.2, 0) is 6.61 Å². The van der Waals surface area contributed by atoms with Crippen molar-refractivity contribution >= 4 is 33.6 Å². The van der Waals surface area contributed by atoms with Crippen molar-refractivity contribution < 1.29 is 18.7 Å². The molecule has 0 spiro atoms. The summed E-state index contributed by atoms with van der Waals surface area (Å²) in [4.78, 5) is 25.3. The fourth-order valence-electron chi connectivity index (χ4n) is 3.11. The third-order valence-corrected chi connectivity index (χ3v) is 4.95. The second kappa shape index (κ2) is 7.52. The van der Waals surface area contributed by atoms with Crippen molar-refractivity contribution in [1.82, 2.24) is 0 Å². The van der Waals surface area contributed by atoms with E-state index in [2.05, 4.69) is 15.9 Å². The van der Waals surface area contributed by atoms with Crippen molar-refractivity contribution in [2.75, 3.05) is 0 Å². The first kappa shape index (κ1) is 18.3. The largest absolute Gasteiger partial charge is 0.488 e. The van der Waals surface area contributed by atoms with Crippen LogP contribution in [0.5, 0.6) is 5.75 Å². The van der Waals surface area contributed by atoms with Gasteiger partial charge in [0.25, 0.3) is 0 Å². The number of carbonyl (C=O) groups excluding carboxylic acids is 2. The first-order chi connectivity index (χ1) is 13.5. The van der Waals surface area contributed by atoms with Crippen LogP contribution in [0.15, 0.2) is 76.8 Å². The molecule has 3 aromatic carbocycles. The number of hydrogen-bond acceptors (Lipinski definition) is 3. The lowest BCUT2D eigenvalue weighted by Crippen LogP contribution is -2.02. The lowest BCUT2D eigenvalue weighted by atomic mass is 10.1. The first-order valence-corrected chi connectivity index (χ1v) is 9.39. The van der Waals surface area contributed by atoms with Crippen LogP contribution in [0.2, 0.25) is 0 Å². The first-order valence-electron chi connectivity index (χ1n) is 8.60. The topological polar surface area (TPSA) is 43.4 Å². The van der Waals surface area contributed by atoms with Crippen LogP contribution in [0.4, 0.5) is 4.39 Å². The number of allylic oxidation sites excluding steroid dienone is 1. The molecule has 0 aliphatic heterocycles. The van der Waals surface area contributed by atoms with Gasteiger partial charge >= 0.3 is 0 Å². The highest BCUT2D eigenvalue weighted by Crippen LogP contribution is 2.31. The number of Topliss-reactive ketones (excluding diaryl/α,β-unsaturated/α-hetero) is 2. The van der Waals surface area contributed by atoms with Crippen molar-refractivity contribution in [3.05, 3.63) is 105 Å². The fraction of sp³-hybridized carbons (Fsp3) is 0.0435. The second-order valence-electron chi connectivity index (χ2n) is 6.36. The van der Waals surface area contributed by atoms with Gasteiger partial charge < -0.3 is 4.74 Å². The number of halogens is 2. The fourth-order valence-corrected chi connectivity index (χ4v) is 3.49. The van der Waals surface area contributed by atoms with E-state index >= 15 is 0 Å². The zero-order valence-electron chi connectivity index (χ0n) is 14.6. The van der Waals surface area contributed by atoms with Gasteiger partial charge in [-0.05, 0) is 42.0 Å². The molecular formula is C23H14BrFO3. The molecule has 0 radical (unpaired) electrons. The Morgan fingerprint density at radius 2 is 1.61 bits per heavy atom. The number of ketones is 2. The van der Waals surface area contributed by atoms with Crippen LogP contribution < -0.4 is 4.74 Å². The second-order valence-corrected chi connectivity index (χ2v) is 7.28. The van der Waals surface area contributed by atoms with Gasteiger partial charge in [0, 0.05) is 21.2 Å². The van der Waals surface area contributed by atoms with Crippen LogP contribution in [0, 0.1) is 5.82 Å². The lowest BCUT2D eigenvalue weighted by Gasteiger charge is -2.10. The molecule has 3 aromatic rings. The zero-order valence-corrected chi connectivity index (χ0v) is 16.2. The Bertz CT molecular complexity index is 1100. The minimum absolute atomic E-state index is 0.106. The molecule has 28 heavy (non-hydrogen) atoms. The smallest absolute Gasteiger partial charge is 0.197 e. The standard InChI is InChI=1S/C23H14BrFO3/c24-16-8-9-21(28-13-14-4-3-5-17(25)10-14)15(11-16)12-20-22(26)18-6-1-2-7-19(18)23(20)27/h1-12H,13H2. The molecule has 1 aliphatic carbocycles. The molecule has 3 nitrogen and oxygen atoms in total. The molecule has 0 fully saturated rings. The molecule has 0 aromatic heterocycles. The molecule has 0 heterocycles. The Morgan fingerprint density at radius 1 is 0.893 bits per heavy atom. The van der Waals surface area contributed by atoms with Gasteiger partial charge in [-0.3, -0.25) is 9.59 Å². The highest BCUT2D eigenvalue weighted by Gasteiger charge is 2.32. The van der Waals surface area contributed by atoms with Gasteiger partial charge in [0.05, 0.1) is 5.57 Å². The van der Waals surface area contributed by atoms with E-state index in [4.69, 9.17) is 4.74 Å². The highest BCUT2D eigenvalue weighted by molar-refractivity contribution is 9.10. The van der Waals surface area contributed by atoms with E-state index in [0.29, 0.717) is 28.0 Å². The summed E-state index contributed by atoms with van der Waals surface area (Å²) in [5.74, 6) is -0.427. The molecule has 4 rings (SSSR count). The van der Waals surface area contributed by atoms with Gasteiger partial charge in [-0.15, -0.1) is 0 Å². The van der Waals surface area contributed by atoms with Crippen molar-refractivity contribution in [1.29, 1.82) is 0 Å². The summed E-state index contributed by atoms with van der Waals surface area (Å²) >= 11 is 3.41. The summed E-state index contributed by atoms with van der Waals surface area (Å²) in [6.07, 6.45) is 1.55. The van der Waals surface area contributed by atoms with Crippen LogP contribution >= 0.6 is 15.9 Å². The van der Waals surface area contributed by atoms with Crippen molar-refractivity contribution in [3.8, 4) is 5.75 Å². The number of fused-ring (bicyclic) bond motifs is 1. The Morgan fingerprint density at radius 3 is 2.29 bits per heavy atom. The van der Waals surface area contributed by atoms with Gasteiger partial charge in [0.2, 0.25) is 0 Å². The Labute approximate surface area is 169 Å². The summed E-state index contributed by atoms with van der Waals surface area (Å²) in [6.45, 7) is 0.164. The summed E-state index contributed by atoms with van der Waals surface area (Å²) in [5.41, 5.74) is 2.21. The number of hydrogen-bond donors (Lipinski definition) is 0. The molecule has 138 valence electrons. The van der Waals surface area contributed by atoms with Crippen molar-refractivity contribution in [3.63, 3.8) is 0 Å². The minimum atomic E-state index is -0.334. The normalized spacial score (nSPS) is 12.9. The number of benzene rings is 3. The maximum absolute atomic E-state index is 13.4. The predicted octanol–water partition coefficient (Wildman–Crippen LogP) is 5.63. The molecule has 0 N–H and O–H groups in total. The number of carbonyl (C=O) groups is 2. The van der Waals surface area contributed by atoms with Crippen LogP contribution in [0.3, 0.4) is 0 Å². The third-order valence-electron chi connectivity index (χ3n) is 4.46. The van der Waals surface area contributed by atoms with Crippen molar-refractivity contribution in [2.24, 2.45) is 0 Å². The summed E-state index contributed by atoms with van der Waals surface area (Å²) in [6, 6.07) is 18.2. The Balaban J connectivity index is 1.67. The maximum Gasteiger partial charge on any atom is 0.197 e. The molecule has 0 bridgehead atoms. The average molecular weight is 437 g/mol. The summed E-state index contributed by atoms with van der Waals surface area (Å²) < 4.78 is 20.0. The molecule has 0 saturated heterocycles. The van der Waals surface area contributed by atoms with Crippen LogP contribution in [-0.4, -0.2) is 11.6 Å². The van der Waals surface area contributed by atoms with Gasteiger partial charge in [-0.2, -0.15) is 0 Å². The van der Waals surface area contributed by atoms with E-state index in [1.807, 2.05) is 0 Å². The van der Waals surface area contributed by atoms with Crippen molar-refractivity contribution in [2.45, 2.75) is 6.61 Å². The zero-order chi connectivity index (χ0) is 19.7. The van der Waals surface area contributed by atoms with Gasteiger partial charge in [-0.25, -0.2) is 4.39 Å². The molecule has 1 aliphatic rings. The Kier molecular flexibility index (Phi) is 4.92. The number of rotatable bonds is 4. The van der Waals surface area contributed by atoms with Gasteiger partial charge in [0.1, 0.15) is 18.2 Å². The van der Waals surface area contributed by atoms with E-state index in [1.54, 1.807) is 60.7 Å². The predicted molar refractivity (Wildman–Crippen MR) is 108 cm³/mol. The van der Waals surface area contributed by atoms with E-state index in [0.717, 1.165) is 4.47 Å². The number of ether oxygens (including phenoxy) is 1. The molecule has 0 saturated carbocycles. The monoisotopic (exact) mass is 436 g/mol. The molecular weight excluding hydrogens is 423 g/mol. The van der Waals surface area contributed by atoms with Crippen LogP contribution in [0.25, 0.3) is 6.08 Å². The van der Waals surface area contributed by atoms with E-state index in [-0.39, 0.29) is 29.6 Å². The van der Waals surface area contributed by atoms with Gasteiger partial charge in [0.15, 0.2) is 11.6 Å². The van der Waals surface area contributed by atoms with E-state index in [9.17, 15) is 14.0 Å². The third kappa shape index (κ3) is 3.53.